The number of hydrogen-bond acceptors (Lipinski definition) is 2. The van der Waals surface area contributed by atoms with Crippen LogP contribution >= 0.6 is 0 Å². The van der Waals surface area contributed by atoms with E-state index in [2.05, 4.69) is 6.92 Å². The SMILES string of the molecule is CC=CN(c1ccc(OCCCCCC)cc1)S(=O)O. The lowest BCUT2D eigenvalue weighted by molar-refractivity contribution is 0.305. The molecule has 20 heavy (non-hydrogen) atoms. The molecule has 0 aromatic heterocycles. The summed E-state index contributed by atoms with van der Waals surface area (Å²) in [5.74, 6) is 0.786. The number of nitrogens with zero attached hydrogens (tertiary/aromatic N) is 1. The highest BCUT2D eigenvalue weighted by Crippen LogP contribution is 2.21. The number of hydrogen-bond donors (Lipinski definition) is 1. The Morgan fingerprint density at radius 3 is 2.50 bits per heavy atom. The van der Waals surface area contributed by atoms with Crippen molar-refractivity contribution in [3.63, 3.8) is 0 Å². The molecule has 0 saturated heterocycles. The van der Waals surface area contributed by atoms with Crippen molar-refractivity contribution in [1.82, 2.24) is 0 Å². The van der Waals surface area contributed by atoms with Crippen LogP contribution in [0.2, 0.25) is 0 Å². The average Bonchev–Trinajstić information content (AvgIpc) is 2.45. The molecule has 0 fully saturated rings. The highest BCUT2D eigenvalue weighted by molar-refractivity contribution is 7.80. The zero-order valence-electron chi connectivity index (χ0n) is 12.1. The Kier molecular flexibility index (Phi) is 7.99. The molecular formula is C15H23NO3S. The van der Waals surface area contributed by atoms with Crippen molar-refractivity contribution in [3.8, 4) is 5.75 Å². The molecule has 1 rings (SSSR count). The first-order valence-electron chi connectivity index (χ1n) is 6.95. The van der Waals surface area contributed by atoms with Gasteiger partial charge in [-0.3, -0.25) is 4.55 Å². The van der Waals surface area contributed by atoms with Gasteiger partial charge in [-0.1, -0.05) is 32.3 Å². The lowest BCUT2D eigenvalue weighted by Gasteiger charge is -2.15. The van der Waals surface area contributed by atoms with Gasteiger partial charge in [-0.15, -0.1) is 0 Å². The summed E-state index contributed by atoms with van der Waals surface area (Å²) in [7, 11) is 0. The first-order chi connectivity index (χ1) is 9.69. The van der Waals surface area contributed by atoms with E-state index < -0.39 is 11.3 Å². The van der Waals surface area contributed by atoms with E-state index in [-0.39, 0.29) is 0 Å². The Labute approximate surface area is 123 Å². The maximum Gasteiger partial charge on any atom is 0.266 e. The predicted molar refractivity (Wildman–Crippen MR) is 84.1 cm³/mol. The topological polar surface area (TPSA) is 49.8 Å². The quantitative estimate of drug-likeness (QED) is 0.551. The smallest absolute Gasteiger partial charge is 0.266 e. The van der Waals surface area contributed by atoms with Crippen LogP contribution in [0.15, 0.2) is 36.5 Å². The Morgan fingerprint density at radius 2 is 1.95 bits per heavy atom. The van der Waals surface area contributed by atoms with E-state index in [1.54, 1.807) is 31.3 Å². The normalized spacial score (nSPS) is 12.6. The third kappa shape index (κ3) is 5.75. The van der Waals surface area contributed by atoms with Crippen molar-refractivity contribution in [2.75, 3.05) is 10.9 Å². The summed E-state index contributed by atoms with van der Waals surface area (Å²) < 4.78 is 27.3. The molecule has 1 atom stereocenters. The third-order valence-electron chi connectivity index (χ3n) is 2.81. The van der Waals surface area contributed by atoms with Gasteiger partial charge in [0, 0.05) is 6.20 Å². The molecule has 0 aliphatic heterocycles. The number of unbranched alkanes of at least 4 members (excludes halogenated alkanes) is 3. The first-order valence-corrected chi connectivity index (χ1v) is 8.01. The maximum atomic E-state index is 11.2. The van der Waals surface area contributed by atoms with Crippen molar-refractivity contribution >= 4 is 17.0 Å². The van der Waals surface area contributed by atoms with E-state index >= 15 is 0 Å². The van der Waals surface area contributed by atoms with E-state index in [0.717, 1.165) is 12.2 Å². The minimum Gasteiger partial charge on any atom is -0.494 e. The molecule has 0 heterocycles. The average molecular weight is 297 g/mol. The highest BCUT2D eigenvalue weighted by Gasteiger charge is 2.08. The van der Waals surface area contributed by atoms with Crippen molar-refractivity contribution < 1.29 is 13.5 Å². The van der Waals surface area contributed by atoms with Gasteiger partial charge >= 0.3 is 0 Å². The molecular weight excluding hydrogens is 274 g/mol. The number of ether oxygens (including phenoxy) is 1. The van der Waals surface area contributed by atoms with Crippen molar-refractivity contribution in [1.29, 1.82) is 0 Å². The van der Waals surface area contributed by atoms with Gasteiger partial charge in [-0.05, 0) is 37.6 Å². The number of rotatable bonds is 9. The Morgan fingerprint density at radius 1 is 1.25 bits per heavy atom. The minimum absolute atomic E-state index is 0.655. The van der Waals surface area contributed by atoms with E-state index in [1.165, 1.54) is 23.6 Å². The van der Waals surface area contributed by atoms with Crippen molar-refractivity contribution in [2.45, 2.75) is 39.5 Å². The highest BCUT2D eigenvalue weighted by atomic mass is 32.2. The molecule has 112 valence electrons. The van der Waals surface area contributed by atoms with Crippen LogP contribution in [0.25, 0.3) is 0 Å². The molecule has 4 nitrogen and oxygen atoms in total. The molecule has 0 aliphatic rings. The van der Waals surface area contributed by atoms with Crippen molar-refractivity contribution in [3.05, 3.63) is 36.5 Å². The van der Waals surface area contributed by atoms with Gasteiger partial charge < -0.3 is 4.74 Å². The standard InChI is InChI=1S/C15H23NO3S/c1-3-5-6-7-13-19-15-10-8-14(9-11-15)16(12-4-2)20(17)18/h4,8-12H,3,5-7,13H2,1-2H3,(H,17,18). The monoisotopic (exact) mass is 297 g/mol. The van der Waals surface area contributed by atoms with Crippen LogP contribution in [0.1, 0.15) is 39.5 Å². The fraction of sp³-hybridized carbons (Fsp3) is 0.467. The van der Waals surface area contributed by atoms with Crippen LogP contribution in [0.5, 0.6) is 5.75 Å². The molecule has 0 bridgehead atoms. The first kappa shape index (κ1) is 16.7. The van der Waals surface area contributed by atoms with Crippen LogP contribution in [-0.2, 0) is 11.3 Å². The molecule has 0 spiro atoms. The molecule has 0 radical (unpaired) electrons. The predicted octanol–water partition coefficient (Wildman–Crippen LogP) is 4.12. The van der Waals surface area contributed by atoms with Crippen LogP contribution < -0.4 is 9.04 Å². The van der Waals surface area contributed by atoms with Crippen LogP contribution in [0, 0.1) is 0 Å². The van der Waals surface area contributed by atoms with Gasteiger partial charge in [0.2, 0.25) is 0 Å². The zero-order chi connectivity index (χ0) is 14.8. The maximum absolute atomic E-state index is 11.2. The Hall–Kier alpha value is -1.33. The molecule has 0 amide bonds. The van der Waals surface area contributed by atoms with Gasteiger partial charge in [-0.2, -0.15) is 0 Å². The molecule has 0 aliphatic carbocycles. The van der Waals surface area contributed by atoms with Crippen LogP contribution in [0.3, 0.4) is 0 Å². The molecule has 1 N–H and O–H groups in total. The Balaban J connectivity index is 2.53. The summed E-state index contributed by atoms with van der Waals surface area (Å²) in [6.07, 6.45) is 7.98. The fourth-order valence-electron chi connectivity index (χ4n) is 1.77. The number of benzene rings is 1. The van der Waals surface area contributed by atoms with E-state index in [1.807, 2.05) is 12.1 Å². The lowest BCUT2D eigenvalue weighted by atomic mass is 10.2. The van der Waals surface area contributed by atoms with E-state index in [0.29, 0.717) is 12.3 Å². The van der Waals surface area contributed by atoms with Crippen LogP contribution in [0.4, 0.5) is 5.69 Å². The Bertz CT molecular complexity index is 431. The second-order valence-corrected chi connectivity index (χ2v) is 5.30. The fourth-order valence-corrected chi connectivity index (χ4v) is 2.30. The van der Waals surface area contributed by atoms with Gasteiger partial charge in [0.25, 0.3) is 11.3 Å². The van der Waals surface area contributed by atoms with Crippen molar-refractivity contribution in [2.24, 2.45) is 0 Å². The third-order valence-corrected chi connectivity index (χ3v) is 3.48. The number of allylic oxidation sites excluding steroid dienone is 1. The summed E-state index contributed by atoms with van der Waals surface area (Å²) in [5, 5.41) is 0. The summed E-state index contributed by atoms with van der Waals surface area (Å²) in [5.41, 5.74) is 0.655. The van der Waals surface area contributed by atoms with Crippen LogP contribution in [-0.4, -0.2) is 15.4 Å². The minimum atomic E-state index is -2.06. The second kappa shape index (κ2) is 9.55. The summed E-state index contributed by atoms with van der Waals surface area (Å²) in [4.78, 5) is 0. The largest absolute Gasteiger partial charge is 0.494 e. The molecule has 0 saturated carbocycles. The molecule has 5 heteroatoms. The van der Waals surface area contributed by atoms with E-state index in [9.17, 15) is 8.76 Å². The van der Waals surface area contributed by atoms with Gasteiger partial charge in [0.15, 0.2) is 0 Å². The summed E-state index contributed by atoms with van der Waals surface area (Å²) in [6, 6.07) is 7.18. The second-order valence-electron chi connectivity index (χ2n) is 4.44. The molecule has 1 unspecified atom stereocenters. The van der Waals surface area contributed by atoms with E-state index in [4.69, 9.17) is 4.74 Å². The van der Waals surface area contributed by atoms with Gasteiger partial charge in [0.1, 0.15) is 5.75 Å². The number of anilines is 1. The summed E-state index contributed by atoms with van der Waals surface area (Å²) >= 11 is -2.06. The molecule has 1 aromatic carbocycles. The molecule has 1 aromatic rings. The zero-order valence-corrected chi connectivity index (χ0v) is 12.9. The lowest BCUT2D eigenvalue weighted by Crippen LogP contribution is -2.17. The summed E-state index contributed by atoms with van der Waals surface area (Å²) in [6.45, 7) is 4.69. The van der Waals surface area contributed by atoms with Gasteiger partial charge in [-0.25, -0.2) is 8.51 Å². The van der Waals surface area contributed by atoms with Gasteiger partial charge in [0.05, 0.1) is 12.3 Å².